The number of amides is 1. The maximum absolute atomic E-state index is 12.8. The van der Waals surface area contributed by atoms with Crippen LogP contribution in [0.3, 0.4) is 0 Å². The van der Waals surface area contributed by atoms with Crippen molar-refractivity contribution in [3.8, 4) is 0 Å². The van der Waals surface area contributed by atoms with Gasteiger partial charge in [0.1, 0.15) is 5.69 Å². The number of aromatic nitrogens is 3. The van der Waals surface area contributed by atoms with Gasteiger partial charge in [-0.05, 0) is 34.7 Å². The molecular formula is C15H19BrN4O2. The molecule has 0 bridgehead atoms. The van der Waals surface area contributed by atoms with Crippen LogP contribution in [-0.4, -0.2) is 32.3 Å². The van der Waals surface area contributed by atoms with Crippen LogP contribution in [0.4, 0.5) is 0 Å². The molecule has 0 spiro atoms. The van der Waals surface area contributed by atoms with E-state index in [2.05, 4.69) is 40.0 Å². The van der Waals surface area contributed by atoms with Gasteiger partial charge in [0.05, 0.1) is 22.4 Å². The lowest BCUT2D eigenvalue weighted by molar-refractivity contribution is 0.0702. The summed E-state index contributed by atoms with van der Waals surface area (Å²) in [5.74, 6) is 1.05. The lowest BCUT2D eigenvalue weighted by Gasteiger charge is -2.22. The van der Waals surface area contributed by atoms with E-state index in [9.17, 15) is 4.79 Å². The molecule has 0 aliphatic carbocycles. The van der Waals surface area contributed by atoms with Gasteiger partial charge in [0.2, 0.25) is 0 Å². The van der Waals surface area contributed by atoms with E-state index < -0.39 is 0 Å². The summed E-state index contributed by atoms with van der Waals surface area (Å²) in [6.07, 6.45) is 3.50. The molecule has 3 rings (SSSR count). The minimum absolute atomic E-state index is 0.0307. The van der Waals surface area contributed by atoms with Gasteiger partial charge in [0.25, 0.3) is 5.91 Å². The van der Waals surface area contributed by atoms with Gasteiger partial charge in [0, 0.05) is 19.7 Å². The van der Waals surface area contributed by atoms with Crippen molar-refractivity contribution in [1.29, 1.82) is 0 Å². The van der Waals surface area contributed by atoms with Gasteiger partial charge < -0.3 is 9.42 Å². The summed E-state index contributed by atoms with van der Waals surface area (Å²) in [6, 6.07) is 1.92. The Balaban J connectivity index is 1.88. The number of aryl methyl sites for hydroxylation is 1. The average Bonchev–Trinajstić information content (AvgIpc) is 3.17. The number of hydrogen-bond acceptors (Lipinski definition) is 4. The Bertz CT molecular complexity index is 672. The van der Waals surface area contributed by atoms with Crippen molar-refractivity contribution in [2.45, 2.75) is 38.6 Å². The molecule has 2 aromatic rings. The topological polar surface area (TPSA) is 64.2 Å². The molecule has 1 amide bonds. The van der Waals surface area contributed by atoms with Crippen LogP contribution in [0.1, 0.15) is 60.6 Å². The standard InChI is InChI=1S/C15H19BrN4O2/c1-9(2)11-7-13(22-18-11)12-5-4-6-20(12)15(21)14-10(16)8-17-19(14)3/h7-9,12H,4-6H2,1-3H3/t12-/m1/s1. The highest BCUT2D eigenvalue weighted by molar-refractivity contribution is 9.10. The van der Waals surface area contributed by atoms with Crippen LogP contribution in [0.5, 0.6) is 0 Å². The summed E-state index contributed by atoms with van der Waals surface area (Å²) in [4.78, 5) is 14.7. The van der Waals surface area contributed by atoms with Crippen LogP contribution in [-0.2, 0) is 7.05 Å². The van der Waals surface area contributed by atoms with E-state index in [1.165, 1.54) is 0 Å². The Labute approximate surface area is 137 Å². The summed E-state index contributed by atoms with van der Waals surface area (Å²) >= 11 is 3.40. The predicted octanol–water partition coefficient (Wildman–Crippen LogP) is 3.27. The number of hydrogen-bond donors (Lipinski definition) is 0. The third kappa shape index (κ3) is 2.58. The number of carbonyl (C=O) groups is 1. The smallest absolute Gasteiger partial charge is 0.273 e. The normalized spacial score (nSPS) is 18.4. The quantitative estimate of drug-likeness (QED) is 0.835. The maximum Gasteiger partial charge on any atom is 0.273 e. The zero-order valence-electron chi connectivity index (χ0n) is 12.9. The van der Waals surface area contributed by atoms with Crippen molar-refractivity contribution in [1.82, 2.24) is 19.8 Å². The maximum atomic E-state index is 12.8. The molecule has 2 aromatic heterocycles. The molecule has 1 aliphatic rings. The highest BCUT2D eigenvalue weighted by Gasteiger charge is 2.35. The monoisotopic (exact) mass is 366 g/mol. The van der Waals surface area contributed by atoms with E-state index >= 15 is 0 Å². The van der Waals surface area contributed by atoms with Crippen molar-refractivity contribution in [3.05, 3.63) is 33.9 Å². The van der Waals surface area contributed by atoms with E-state index in [0.29, 0.717) is 16.1 Å². The Morgan fingerprint density at radius 3 is 2.86 bits per heavy atom. The van der Waals surface area contributed by atoms with Gasteiger partial charge in [-0.1, -0.05) is 19.0 Å². The van der Waals surface area contributed by atoms with Crippen LogP contribution >= 0.6 is 15.9 Å². The molecule has 1 fully saturated rings. The molecule has 1 atom stereocenters. The minimum atomic E-state index is -0.0469. The Kier molecular flexibility index (Phi) is 4.08. The van der Waals surface area contributed by atoms with Crippen LogP contribution < -0.4 is 0 Å². The Hall–Kier alpha value is -1.63. The third-order valence-electron chi connectivity index (χ3n) is 4.08. The molecule has 0 saturated carbocycles. The minimum Gasteiger partial charge on any atom is -0.359 e. The summed E-state index contributed by atoms with van der Waals surface area (Å²) in [5, 5.41) is 8.23. The Morgan fingerprint density at radius 2 is 2.27 bits per heavy atom. The van der Waals surface area contributed by atoms with Crippen molar-refractivity contribution in [2.24, 2.45) is 7.05 Å². The van der Waals surface area contributed by atoms with Gasteiger partial charge in [-0.25, -0.2) is 0 Å². The molecule has 3 heterocycles. The molecule has 1 aliphatic heterocycles. The molecule has 118 valence electrons. The first kappa shape index (κ1) is 15.3. The van der Waals surface area contributed by atoms with Gasteiger partial charge >= 0.3 is 0 Å². The summed E-state index contributed by atoms with van der Waals surface area (Å²) in [5.41, 5.74) is 1.49. The highest BCUT2D eigenvalue weighted by atomic mass is 79.9. The van der Waals surface area contributed by atoms with Gasteiger partial charge in [-0.2, -0.15) is 5.10 Å². The molecule has 0 N–H and O–H groups in total. The SMILES string of the molecule is CC(C)c1cc([C@H]2CCCN2C(=O)c2c(Br)cnn2C)on1. The lowest BCUT2D eigenvalue weighted by atomic mass is 10.1. The molecule has 7 heteroatoms. The van der Waals surface area contributed by atoms with Crippen LogP contribution in [0.15, 0.2) is 21.3 Å². The average molecular weight is 367 g/mol. The third-order valence-corrected chi connectivity index (χ3v) is 4.66. The zero-order valence-corrected chi connectivity index (χ0v) is 14.5. The van der Waals surface area contributed by atoms with Crippen molar-refractivity contribution in [3.63, 3.8) is 0 Å². The number of rotatable bonds is 3. The summed E-state index contributed by atoms with van der Waals surface area (Å²) in [6.45, 7) is 4.87. The number of likely N-dealkylation sites (tertiary alicyclic amines) is 1. The number of nitrogens with zero attached hydrogens (tertiary/aromatic N) is 4. The fourth-order valence-corrected chi connectivity index (χ4v) is 3.34. The lowest BCUT2D eigenvalue weighted by Crippen LogP contribution is -2.32. The van der Waals surface area contributed by atoms with E-state index in [-0.39, 0.29) is 11.9 Å². The second-order valence-corrected chi connectivity index (χ2v) is 6.78. The summed E-state index contributed by atoms with van der Waals surface area (Å²) < 4.78 is 7.80. The first-order chi connectivity index (χ1) is 10.5. The largest absolute Gasteiger partial charge is 0.359 e. The second kappa shape index (κ2) is 5.87. The van der Waals surface area contributed by atoms with Crippen molar-refractivity contribution < 1.29 is 9.32 Å². The van der Waals surface area contributed by atoms with Crippen LogP contribution in [0, 0.1) is 0 Å². The van der Waals surface area contributed by atoms with E-state index in [1.54, 1.807) is 17.9 Å². The van der Waals surface area contributed by atoms with Crippen molar-refractivity contribution >= 4 is 21.8 Å². The van der Waals surface area contributed by atoms with E-state index in [0.717, 1.165) is 30.8 Å². The van der Waals surface area contributed by atoms with Crippen LogP contribution in [0.2, 0.25) is 0 Å². The van der Waals surface area contributed by atoms with Gasteiger partial charge in [-0.15, -0.1) is 0 Å². The predicted molar refractivity (Wildman–Crippen MR) is 84.5 cm³/mol. The first-order valence-corrected chi connectivity index (χ1v) is 8.23. The highest BCUT2D eigenvalue weighted by Crippen LogP contribution is 2.35. The van der Waals surface area contributed by atoms with Crippen molar-refractivity contribution in [2.75, 3.05) is 6.54 Å². The molecule has 1 saturated heterocycles. The van der Waals surface area contributed by atoms with Gasteiger partial charge in [-0.3, -0.25) is 9.48 Å². The molecule has 0 radical (unpaired) electrons. The molecular weight excluding hydrogens is 348 g/mol. The summed E-state index contributed by atoms with van der Waals surface area (Å²) in [7, 11) is 1.77. The molecule has 22 heavy (non-hydrogen) atoms. The Morgan fingerprint density at radius 1 is 1.50 bits per heavy atom. The molecule has 0 unspecified atom stereocenters. The fraction of sp³-hybridized carbons (Fsp3) is 0.533. The zero-order chi connectivity index (χ0) is 15.9. The second-order valence-electron chi connectivity index (χ2n) is 5.93. The van der Waals surface area contributed by atoms with Gasteiger partial charge in [0.15, 0.2) is 5.76 Å². The number of carbonyl (C=O) groups excluding carboxylic acids is 1. The molecule has 0 aromatic carbocycles. The van der Waals surface area contributed by atoms with E-state index in [1.807, 2.05) is 11.0 Å². The first-order valence-electron chi connectivity index (χ1n) is 7.44. The molecule has 6 nitrogen and oxygen atoms in total. The van der Waals surface area contributed by atoms with E-state index in [4.69, 9.17) is 4.52 Å². The fourth-order valence-electron chi connectivity index (χ4n) is 2.83. The number of halogens is 1. The van der Waals surface area contributed by atoms with Crippen LogP contribution in [0.25, 0.3) is 0 Å².